The Hall–Kier alpha value is -5.46. The number of aromatic nitrogens is 4. The molecule has 7 heteroatoms. The van der Waals surface area contributed by atoms with E-state index in [2.05, 4.69) is 172 Å². The van der Waals surface area contributed by atoms with Gasteiger partial charge in [0, 0.05) is 48.6 Å². The van der Waals surface area contributed by atoms with Gasteiger partial charge in [-0.2, -0.15) is 0 Å². The SMILES string of the molecule is CC(C)Cc1cc(-c2[c-]cccc2)ncc1[Si](C)(C)C.Cc1ccc2c(n1)oc1c(-c3nc4ccccc4n3-c3ccc(C(C)(C)C)cc3-c3ccccc3)[c-]ccc12.[Ir]. The van der Waals surface area contributed by atoms with Crippen LogP contribution in [0, 0.1) is 25.0 Å². The number of pyridine rings is 2. The van der Waals surface area contributed by atoms with Crippen molar-refractivity contribution in [2.24, 2.45) is 5.92 Å². The zero-order valence-corrected chi connectivity index (χ0v) is 39.4. The third-order valence-electron chi connectivity index (χ3n) is 10.8. The van der Waals surface area contributed by atoms with E-state index in [1.165, 1.54) is 16.3 Å². The fourth-order valence-electron chi connectivity index (χ4n) is 7.85. The van der Waals surface area contributed by atoms with E-state index in [0.29, 0.717) is 11.6 Å². The van der Waals surface area contributed by atoms with Crippen LogP contribution in [-0.4, -0.2) is 27.6 Å². The van der Waals surface area contributed by atoms with E-state index in [1.807, 2.05) is 49.4 Å². The van der Waals surface area contributed by atoms with Crippen LogP contribution in [-0.2, 0) is 31.9 Å². The van der Waals surface area contributed by atoms with E-state index in [1.54, 1.807) is 0 Å². The second kappa shape index (κ2) is 17.3. The van der Waals surface area contributed by atoms with E-state index in [4.69, 9.17) is 9.40 Å². The number of imidazole rings is 1. The van der Waals surface area contributed by atoms with Crippen LogP contribution < -0.4 is 5.19 Å². The van der Waals surface area contributed by atoms with Gasteiger partial charge in [0.05, 0.1) is 30.5 Å². The van der Waals surface area contributed by atoms with Crippen LogP contribution in [0.15, 0.2) is 138 Å². The zero-order valence-electron chi connectivity index (χ0n) is 36.0. The summed E-state index contributed by atoms with van der Waals surface area (Å²) >= 11 is 0. The quantitative estimate of drug-likeness (QED) is 0.118. The van der Waals surface area contributed by atoms with Gasteiger partial charge in [0.25, 0.3) is 0 Å². The minimum absolute atomic E-state index is 0. The van der Waals surface area contributed by atoms with Gasteiger partial charge in [0.1, 0.15) is 0 Å². The van der Waals surface area contributed by atoms with Crippen molar-refractivity contribution in [3.8, 4) is 39.5 Å². The second-order valence-electron chi connectivity index (χ2n) is 18.0. The van der Waals surface area contributed by atoms with Gasteiger partial charge in [-0.1, -0.05) is 125 Å². The number of furan rings is 1. The molecule has 5 nitrogen and oxygen atoms in total. The monoisotopic (exact) mass is 981 g/mol. The normalized spacial score (nSPS) is 11.8. The molecule has 305 valence electrons. The summed E-state index contributed by atoms with van der Waals surface area (Å²) in [6, 6.07) is 50.8. The molecule has 9 rings (SSSR count). The number of fused-ring (bicyclic) bond motifs is 4. The Bertz CT molecular complexity index is 2920. The molecule has 5 aromatic carbocycles. The maximum Gasteiger partial charge on any atom is 0.216 e. The molecule has 0 bridgehead atoms. The number of para-hydroxylation sites is 2. The smallest absolute Gasteiger partial charge is 0.216 e. The average molecular weight is 981 g/mol. The predicted octanol–water partition coefficient (Wildman–Crippen LogP) is 13.3. The molecule has 1 radical (unpaired) electrons. The van der Waals surface area contributed by atoms with Crippen molar-refractivity contribution in [1.29, 1.82) is 0 Å². The van der Waals surface area contributed by atoms with Crippen molar-refractivity contribution in [3.05, 3.63) is 163 Å². The third-order valence-corrected chi connectivity index (χ3v) is 12.9. The van der Waals surface area contributed by atoms with Crippen molar-refractivity contribution in [1.82, 2.24) is 19.5 Å². The Morgan fingerprint density at radius 2 is 1.52 bits per heavy atom. The molecule has 0 aliphatic heterocycles. The summed E-state index contributed by atoms with van der Waals surface area (Å²) in [6.07, 6.45) is 3.24. The third kappa shape index (κ3) is 8.71. The minimum atomic E-state index is -1.34. The molecule has 0 atom stereocenters. The number of rotatable bonds is 7. The molecule has 0 saturated carbocycles. The first kappa shape index (κ1) is 42.7. The molecule has 0 aliphatic carbocycles. The summed E-state index contributed by atoms with van der Waals surface area (Å²) in [5.74, 6) is 1.46. The van der Waals surface area contributed by atoms with Crippen molar-refractivity contribution < 1.29 is 24.5 Å². The minimum Gasteiger partial charge on any atom is -0.486 e. The van der Waals surface area contributed by atoms with E-state index < -0.39 is 8.07 Å². The molecule has 0 fully saturated rings. The summed E-state index contributed by atoms with van der Waals surface area (Å²) in [5, 5.41) is 3.50. The fourth-order valence-corrected chi connectivity index (χ4v) is 9.44. The maximum absolute atomic E-state index is 6.39. The molecular weight excluding hydrogens is 929 g/mol. The van der Waals surface area contributed by atoms with Crippen molar-refractivity contribution in [3.63, 3.8) is 0 Å². The van der Waals surface area contributed by atoms with E-state index in [-0.39, 0.29) is 25.5 Å². The van der Waals surface area contributed by atoms with E-state index in [9.17, 15) is 0 Å². The molecule has 0 aliphatic rings. The molecule has 60 heavy (non-hydrogen) atoms. The number of aryl methyl sites for hydroxylation is 1. The number of hydrogen-bond acceptors (Lipinski definition) is 4. The van der Waals surface area contributed by atoms with Crippen LogP contribution in [0.3, 0.4) is 0 Å². The largest absolute Gasteiger partial charge is 0.486 e. The molecule has 0 amide bonds. The second-order valence-corrected chi connectivity index (χ2v) is 23.0. The fraction of sp³-hybridized carbons (Fsp3) is 0.226. The van der Waals surface area contributed by atoms with Crippen LogP contribution in [0.25, 0.3) is 72.6 Å². The summed E-state index contributed by atoms with van der Waals surface area (Å²) in [7, 11) is -1.34. The summed E-state index contributed by atoms with van der Waals surface area (Å²) in [6.45, 7) is 20.5. The molecule has 9 aromatic rings. The van der Waals surface area contributed by atoms with Crippen LogP contribution in [0.1, 0.15) is 51.4 Å². The first-order valence-electron chi connectivity index (χ1n) is 20.6. The predicted molar refractivity (Wildman–Crippen MR) is 249 cm³/mol. The Kier molecular flexibility index (Phi) is 12.3. The Morgan fingerprint density at radius 3 is 2.23 bits per heavy atom. The van der Waals surface area contributed by atoms with Crippen molar-refractivity contribution in [2.45, 2.75) is 73.0 Å². The first-order valence-corrected chi connectivity index (χ1v) is 24.1. The molecule has 4 aromatic heterocycles. The maximum atomic E-state index is 6.39. The van der Waals surface area contributed by atoms with Crippen LogP contribution in [0.5, 0.6) is 0 Å². The van der Waals surface area contributed by atoms with E-state index in [0.717, 1.165) is 79.0 Å². The summed E-state index contributed by atoms with van der Waals surface area (Å²) in [5.41, 5.74) is 13.3. The molecule has 0 spiro atoms. The molecular formula is C53H52IrN4OSi-2. The molecule has 0 saturated heterocycles. The van der Waals surface area contributed by atoms with Crippen LogP contribution in [0.2, 0.25) is 19.6 Å². The number of nitrogens with zero attached hydrogens (tertiary/aromatic N) is 4. The van der Waals surface area contributed by atoms with Gasteiger partial charge in [-0.15, -0.1) is 54.1 Å². The topological polar surface area (TPSA) is 56.7 Å². The average Bonchev–Trinajstić information content (AvgIpc) is 3.79. The van der Waals surface area contributed by atoms with Crippen molar-refractivity contribution in [2.75, 3.05) is 0 Å². The van der Waals surface area contributed by atoms with Crippen molar-refractivity contribution >= 4 is 46.4 Å². The van der Waals surface area contributed by atoms with Gasteiger partial charge in [-0.05, 0) is 83.1 Å². The molecule has 0 unspecified atom stereocenters. The Balaban J connectivity index is 0.000000220. The summed E-state index contributed by atoms with van der Waals surface area (Å²) < 4.78 is 8.64. The first-order chi connectivity index (χ1) is 28.3. The van der Waals surface area contributed by atoms with Gasteiger partial charge in [-0.3, -0.25) is 4.98 Å². The van der Waals surface area contributed by atoms with Gasteiger partial charge < -0.3 is 14.0 Å². The van der Waals surface area contributed by atoms with Gasteiger partial charge >= 0.3 is 0 Å². The number of benzene rings is 5. The van der Waals surface area contributed by atoms with Gasteiger partial charge in [0.2, 0.25) is 5.71 Å². The van der Waals surface area contributed by atoms with Gasteiger partial charge in [-0.25, -0.2) is 4.98 Å². The number of hydrogen-bond donors (Lipinski definition) is 0. The van der Waals surface area contributed by atoms with Gasteiger partial charge in [0.15, 0.2) is 0 Å². The molecule has 4 heterocycles. The van der Waals surface area contributed by atoms with Crippen LogP contribution in [0.4, 0.5) is 0 Å². The van der Waals surface area contributed by atoms with E-state index >= 15 is 0 Å². The standard InChI is InChI=1S/C35H28N3O.C18H24NSi.Ir/c1-22-17-19-26-25-13-10-14-27(32(25)39-34(26)36-22)33-37-29-15-8-9-16-31(29)38(33)30-20-18-24(35(2,3)4)21-28(30)23-11-6-5-7-12-23;1-14(2)11-16-12-17(15-9-7-6-8-10-15)19-13-18(16)20(3,4)5;/h5-13,15-21H,1-4H3;6-9,12-14H,11H2,1-5H3;/q2*-1;. The Labute approximate surface area is 369 Å². The summed E-state index contributed by atoms with van der Waals surface area (Å²) in [4.78, 5) is 14.5. The molecule has 0 N–H and O–H groups in total. The zero-order chi connectivity index (χ0) is 41.5. The Morgan fingerprint density at radius 1 is 0.767 bits per heavy atom. The van der Waals surface area contributed by atoms with Crippen LogP contribution >= 0.6 is 0 Å².